The van der Waals surface area contributed by atoms with Gasteiger partial charge >= 0.3 is 0 Å². The zero-order valence-corrected chi connectivity index (χ0v) is 14.8. The molecule has 8 heteroatoms. The van der Waals surface area contributed by atoms with E-state index in [0.717, 1.165) is 5.82 Å². The van der Waals surface area contributed by atoms with Gasteiger partial charge in [-0.1, -0.05) is 24.6 Å². The summed E-state index contributed by atoms with van der Waals surface area (Å²) in [5.74, 6) is 2.67. The standard InChI is InChI=1S/C17H20N4O3S/c1-10(25-17-19-15(20-21-17)11-4-2-3-5-11)16(22)18-12-6-7-13-14(8-12)24-9-23-13/h6-8,10-11H,2-5,9H2,1H3,(H,18,22)(H,19,20,21). The van der Waals surface area contributed by atoms with E-state index >= 15 is 0 Å². The Morgan fingerprint density at radius 2 is 2.12 bits per heavy atom. The van der Waals surface area contributed by atoms with Gasteiger partial charge in [0.25, 0.3) is 0 Å². The Bertz CT molecular complexity index is 773. The molecule has 1 aromatic carbocycles. The number of rotatable bonds is 5. The Morgan fingerprint density at radius 1 is 1.32 bits per heavy atom. The number of carbonyl (C=O) groups excluding carboxylic acids is 1. The van der Waals surface area contributed by atoms with Gasteiger partial charge in [-0.05, 0) is 31.9 Å². The van der Waals surface area contributed by atoms with Crippen molar-refractivity contribution in [1.29, 1.82) is 0 Å². The SMILES string of the molecule is CC(Sc1n[nH]c(C2CCCC2)n1)C(=O)Nc1ccc2c(c1)OCO2. The molecule has 2 N–H and O–H groups in total. The molecule has 1 saturated carbocycles. The summed E-state index contributed by atoms with van der Waals surface area (Å²) in [6, 6.07) is 5.36. The summed E-state index contributed by atoms with van der Waals surface area (Å²) in [5.41, 5.74) is 0.684. The highest BCUT2D eigenvalue weighted by Gasteiger charge is 2.23. The van der Waals surface area contributed by atoms with Crippen LogP contribution in [-0.2, 0) is 4.79 Å². The number of carbonyl (C=O) groups is 1. The highest BCUT2D eigenvalue weighted by atomic mass is 32.2. The third-order valence-electron chi connectivity index (χ3n) is 4.52. The summed E-state index contributed by atoms with van der Waals surface area (Å²) in [4.78, 5) is 17.0. The average Bonchev–Trinajstić information content (AvgIpc) is 3.35. The normalized spacial score (nSPS) is 17.6. The fourth-order valence-corrected chi connectivity index (χ4v) is 3.85. The highest BCUT2D eigenvalue weighted by Crippen LogP contribution is 2.35. The minimum atomic E-state index is -0.308. The number of amides is 1. The summed E-state index contributed by atoms with van der Waals surface area (Å²) < 4.78 is 10.6. The highest BCUT2D eigenvalue weighted by molar-refractivity contribution is 8.00. The van der Waals surface area contributed by atoms with Crippen molar-refractivity contribution in [3.05, 3.63) is 24.0 Å². The third-order valence-corrected chi connectivity index (χ3v) is 5.48. The topological polar surface area (TPSA) is 89.1 Å². The van der Waals surface area contributed by atoms with Gasteiger partial charge in [-0.2, -0.15) is 0 Å². The molecule has 1 aromatic heterocycles. The number of benzene rings is 1. The molecule has 2 heterocycles. The maximum atomic E-state index is 12.4. The Morgan fingerprint density at radius 3 is 2.96 bits per heavy atom. The molecular weight excluding hydrogens is 340 g/mol. The Hall–Kier alpha value is -2.22. The first-order valence-electron chi connectivity index (χ1n) is 8.48. The lowest BCUT2D eigenvalue weighted by atomic mass is 10.1. The van der Waals surface area contributed by atoms with Gasteiger partial charge in [0, 0.05) is 17.7 Å². The van der Waals surface area contributed by atoms with Crippen molar-refractivity contribution in [1.82, 2.24) is 15.2 Å². The molecule has 25 heavy (non-hydrogen) atoms. The number of ether oxygens (including phenoxy) is 2. The van der Waals surface area contributed by atoms with E-state index in [1.165, 1.54) is 37.4 Å². The number of anilines is 1. The number of fused-ring (bicyclic) bond motifs is 1. The Balaban J connectivity index is 1.35. The van der Waals surface area contributed by atoms with Gasteiger partial charge in [0.05, 0.1) is 5.25 Å². The predicted octanol–water partition coefficient (Wildman–Crippen LogP) is 3.31. The average molecular weight is 360 g/mol. The molecule has 0 saturated heterocycles. The number of nitrogens with one attached hydrogen (secondary N) is 2. The second-order valence-electron chi connectivity index (χ2n) is 6.30. The fraction of sp³-hybridized carbons (Fsp3) is 0.471. The first kappa shape index (κ1) is 16.3. The second-order valence-corrected chi connectivity index (χ2v) is 7.61. The minimum absolute atomic E-state index is 0.101. The zero-order chi connectivity index (χ0) is 17.2. The molecule has 2 aliphatic rings. The Kier molecular flexibility index (Phi) is 4.52. The number of H-pyrrole nitrogens is 1. The van der Waals surface area contributed by atoms with Crippen molar-refractivity contribution in [3.8, 4) is 11.5 Å². The minimum Gasteiger partial charge on any atom is -0.454 e. The molecule has 7 nitrogen and oxygen atoms in total. The molecule has 0 bridgehead atoms. The first-order chi connectivity index (χ1) is 12.2. The number of nitrogens with zero attached hydrogens (tertiary/aromatic N) is 2. The van der Waals surface area contributed by atoms with E-state index in [2.05, 4.69) is 20.5 Å². The van der Waals surface area contributed by atoms with Crippen LogP contribution in [0.4, 0.5) is 5.69 Å². The molecule has 1 aliphatic heterocycles. The number of hydrogen-bond acceptors (Lipinski definition) is 6. The van der Waals surface area contributed by atoms with Gasteiger partial charge in [-0.15, -0.1) is 5.10 Å². The van der Waals surface area contributed by atoms with Crippen LogP contribution in [0.2, 0.25) is 0 Å². The molecule has 1 atom stereocenters. The molecule has 2 aromatic rings. The number of aromatic nitrogens is 3. The van der Waals surface area contributed by atoms with E-state index in [0.29, 0.717) is 28.3 Å². The van der Waals surface area contributed by atoms with Gasteiger partial charge in [0.1, 0.15) is 5.82 Å². The molecule has 4 rings (SSSR count). The van der Waals surface area contributed by atoms with Crippen LogP contribution in [0.3, 0.4) is 0 Å². The van der Waals surface area contributed by atoms with Crippen molar-refractivity contribution < 1.29 is 14.3 Å². The largest absolute Gasteiger partial charge is 0.454 e. The zero-order valence-electron chi connectivity index (χ0n) is 13.9. The smallest absolute Gasteiger partial charge is 0.237 e. The fourth-order valence-electron chi connectivity index (χ4n) is 3.12. The number of thioether (sulfide) groups is 1. The second kappa shape index (κ2) is 6.95. The predicted molar refractivity (Wildman–Crippen MR) is 94.1 cm³/mol. The lowest BCUT2D eigenvalue weighted by molar-refractivity contribution is -0.115. The van der Waals surface area contributed by atoms with Crippen molar-refractivity contribution in [2.75, 3.05) is 12.1 Å². The third kappa shape index (κ3) is 3.58. The Labute approximate surface area is 149 Å². The van der Waals surface area contributed by atoms with E-state index < -0.39 is 0 Å². The monoisotopic (exact) mass is 360 g/mol. The van der Waals surface area contributed by atoms with Crippen LogP contribution in [0.15, 0.2) is 23.4 Å². The van der Waals surface area contributed by atoms with E-state index in [4.69, 9.17) is 9.47 Å². The van der Waals surface area contributed by atoms with E-state index in [-0.39, 0.29) is 18.0 Å². The number of aromatic amines is 1. The summed E-state index contributed by atoms with van der Waals surface area (Å²) in [7, 11) is 0. The van der Waals surface area contributed by atoms with Crippen molar-refractivity contribution in [3.63, 3.8) is 0 Å². The van der Waals surface area contributed by atoms with Crippen molar-refractivity contribution >= 4 is 23.4 Å². The lowest BCUT2D eigenvalue weighted by Gasteiger charge is -2.10. The molecule has 0 spiro atoms. The molecular formula is C17H20N4O3S. The molecule has 1 amide bonds. The maximum absolute atomic E-state index is 12.4. The van der Waals surface area contributed by atoms with Crippen LogP contribution in [0.25, 0.3) is 0 Å². The van der Waals surface area contributed by atoms with Crippen LogP contribution in [0.5, 0.6) is 11.5 Å². The summed E-state index contributed by atoms with van der Waals surface area (Å²) in [6.45, 7) is 2.06. The van der Waals surface area contributed by atoms with Gasteiger partial charge in [0.15, 0.2) is 11.5 Å². The molecule has 0 radical (unpaired) electrons. The summed E-state index contributed by atoms with van der Waals surface area (Å²) >= 11 is 1.35. The van der Waals surface area contributed by atoms with E-state index in [9.17, 15) is 4.79 Å². The maximum Gasteiger partial charge on any atom is 0.237 e. The summed E-state index contributed by atoms with van der Waals surface area (Å²) in [5, 5.41) is 10.5. The molecule has 1 aliphatic carbocycles. The van der Waals surface area contributed by atoms with Gasteiger partial charge in [-0.25, -0.2) is 4.98 Å². The van der Waals surface area contributed by atoms with E-state index in [1.807, 2.05) is 6.92 Å². The summed E-state index contributed by atoms with van der Waals surface area (Å²) in [6.07, 6.45) is 4.84. The quantitative estimate of drug-likeness (QED) is 0.795. The van der Waals surface area contributed by atoms with Crippen molar-refractivity contribution in [2.45, 2.75) is 48.9 Å². The van der Waals surface area contributed by atoms with Crippen LogP contribution in [-0.4, -0.2) is 33.1 Å². The molecule has 1 unspecified atom stereocenters. The van der Waals surface area contributed by atoms with Crippen LogP contribution >= 0.6 is 11.8 Å². The van der Waals surface area contributed by atoms with Crippen LogP contribution < -0.4 is 14.8 Å². The van der Waals surface area contributed by atoms with Crippen LogP contribution in [0, 0.1) is 0 Å². The lowest BCUT2D eigenvalue weighted by Crippen LogP contribution is -2.22. The van der Waals surface area contributed by atoms with Gasteiger partial charge in [0.2, 0.25) is 17.9 Å². The van der Waals surface area contributed by atoms with Gasteiger partial charge < -0.3 is 14.8 Å². The molecule has 1 fully saturated rings. The van der Waals surface area contributed by atoms with E-state index in [1.54, 1.807) is 18.2 Å². The first-order valence-corrected chi connectivity index (χ1v) is 9.36. The number of hydrogen-bond donors (Lipinski definition) is 2. The van der Waals surface area contributed by atoms with Crippen LogP contribution in [0.1, 0.15) is 44.3 Å². The van der Waals surface area contributed by atoms with Gasteiger partial charge in [-0.3, -0.25) is 9.89 Å². The van der Waals surface area contributed by atoms with Crippen molar-refractivity contribution in [2.24, 2.45) is 0 Å². The molecule has 132 valence electrons.